The van der Waals surface area contributed by atoms with Crippen LogP contribution >= 0.6 is 0 Å². The number of amides is 1. The van der Waals surface area contributed by atoms with Gasteiger partial charge in [0.2, 0.25) is 0 Å². The molecule has 0 radical (unpaired) electrons. The van der Waals surface area contributed by atoms with Crippen LogP contribution in [0.3, 0.4) is 0 Å². The van der Waals surface area contributed by atoms with Gasteiger partial charge in [-0.15, -0.1) is 0 Å². The zero-order valence-electron chi connectivity index (χ0n) is 16.8. The number of ether oxygens (including phenoxy) is 3. The van der Waals surface area contributed by atoms with Crippen LogP contribution in [0.4, 0.5) is 0 Å². The summed E-state index contributed by atoms with van der Waals surface area (Å²) in [6.45, 7) is 1.68. The van der Waals surface area contributed by atoms with E-state index in [1.54, 1.807) is 32.4 Å². The minimum atomic E-state index is -0.0290. The van der Waals surface area contributed by atoms with Crippen LogP contribution in [0.5, 0.6) is 11.5 Å². The number of hydrogen-bond acceptors (Lipinski definition) is 4. The van der Waals surface area contributed by atoms with Gasteiger partial charge in [-0.3, -0.25) is 4.79 Å². The van der Waals surface area contributed by atoms with E-state index in [1.807, 2.05) is 11.0 Å². The van der Waals surface area contributed by atoms with Gasteiger partial charge >= 0.3 is 0 Å². The molecule has 1 heterocycles. The molecule has 0 spiro atoms. The molecule has 1 saturated heterocycles. The molecule has 1 aliphatic rings. The zero-order valence-corrected chi connectivity index (χ0v) is 16.8. The van der Waals surface area contributed by atoms with E-state index >= 15 is 0 Å². The first-order valence-electron chi connectivity index (χ1n) is 9.79. The number of carbonyl (C=O) groups is 1. The Bertz CT molecular complexity index is 1010. The van der Waals surface area contributed by atoms with Crippen LogP contribution in [0.1, 0.15) is 15.9 Å². The monoisotopic (exact) mass is 391 g/mol. The van der Waals surface area contributed by atoms with Crippen LogP contribution in [0.2, 0.25) is 0 Å². The number of morpholine rings is 1. The van der Waals surface area contributed by atoms with Crippen molar-refractivity contribution < 1.29 is 19.0 Å². The number of rotatable bonds is 5. The Hall–Kier alpha value is -3.05. The Morgan fingerprint density at radius 1 is 1.03 bits per heavy atom. The van der Waals surface area contributed by atoms with Crippen LogP contribution in [0.15, 0.2) is 60.7 Å². The highest BCUT2D eigenvalue weighted by Crippen LogP contribution is 2.28. The van der Waals surface area contributed by atoms with Gasteiger partial charge < -0.3 is 19.1 Å². The number of methoxy groups -OCH3 is 2. The predicted molar refractivity (Wildman–Crippen MR) is 113 cm³/mol. The molecular formula is C24H25NO4. The SMILES string of the molecule is COc1ccc(C(=O)N2CCOC(Cc3cccc4ccccc34)C2)cc1OC. The van der Waals surface area contributed by atoms with Crippen molar-refractivity contribution in [3.05, 3.63) is 71.8 Å². The Balaban J connectivity index is 1.50. The lowest BCUT2D eigenvalue weighted by Crippen LogP contribution is -2.46. The summed E-state index contributed by atoms with van der Waals surface area (Å²) >= 11 is 0. The Morgan fingerprint density at radius 3 is 2.66 bits per heavy atom. The number of carbonyl (C=O) groups excluding carboxylic acids is 1. The van der Waals surface area contributed by atoms with Crippen LogP contribution in [-0.2, 0) is 11.2 Å². The Kier molecular flexibility index (Phi) is 5.67. The molecule has 29 heavy (non-hydrogen) atoms. The lowest BCUT2D eigenvalue weighted by molar-refractivity contribution is -0.0206. The number of fused-ring (bicyclic) bond motifs is 1. The summed E-state index contributed by atoms with van der Waals surface area (Å²) in [7, 11) is 3.15. The molecule has 150 valence electrons. The standard InChI is InChI=1S/C24H25NO4/c1-27-22-11-10-19(15-23(22)28-2)24(26)25-12-13-29-20(16-25)14-18-8-5-7-17-6-3-4-9-21(17)18/h3-11,15,20H,12-14,16H2,1-2H3. The van der Waals surface area contributed by atoms with E-state index in [0.717, 1.165) is 6.42 Å². The maximum atomic E-state index is 13.1. The summed E-state index contributed by atoms with van der Waals surface area (Å²) in [6.07, 6.45) is 0.746. The predicted octanol–water partition coefficient (Wildman–Crippen LogP) is 3.94. The minimum absolute atomic E-state index is 0.0165. The van der Waals surface area contributed by atoms with Crippen molar-refractivity contribution in [2.75, 3.05) is 33.9 Å². The van der Waals surface area contributed by atoms with Crippen molar-refractivity contribution in [1.29, 1.82) is 0 Å². The number of hydrogen-bond donors (Lipinski definition) is 0. The summed E-state index contributed by atoms with van der Waals surface area (Å²) in [5.41, 5.74) is 1.84. The van der Waals surface area contributed by atoms with Crippen LogP contribution in [0, 0.1) is 0 Å². The molecule has 0 N–H and O–H groups in total. The van der Waals surface area contributed by atoms with Gasteiger partial charge in [0.05, 0.1) is 26.9 Å². The fourth-order valence-corrected chi connectivity index (χ4v) is 3.89. The van der Waals surface area contributed by atoms with Crippen LogP contribution in [0.25, 0.3) is 10.8 Å². The molecule has 5 heteroatoms. The van der Waals surface area contributed by atoms with Gasteiger partial charge in [-0.1, -0.05) is 42.5 Å². The molecular weight excluding hydrogens is 366 g/mol. The number of nitrogens with zero attached hydrogens (tertiary/aromatic N) is 1. The molecule has 0 aromatic heterocycles. The first kappa shape index (κ1) is 19.3. The third-order valence-corrected chi connectivity index (χ3v) is 5.38. The van der Waals surface area contributed by atoms with Crippen molar-refractivity contribution >= 4 is 16.7 Å². The topological polar surface area (TPSA) is 48.0 Å². The van der Waals surface area contributed by atoms with E-state index in [-0.39, 0.29) is 12.0 Å². The summed E-state index contributed by atoms with van der Waals surface area (Å²) in [5, 5.41) is 2.46. The van der Waals surface area contributed by atoms with Gasteiger partial charge in [0.25, 0.3) is 5.91 Å². The second-order valence-electron chi connectivity index (χ2n) is 7.16. The lowest BCUT2D eigenvalue weighted by Gasteiger charge is -2.33. The van der Waals surface area contributed by atoms with Gasteiger partial charge in [0.1, 0.15) is 0 Å². The minimum Gasteiger partial charge on any atom is -0.493 e. The maximum absolute atomic E-state index is 13.1. The molecule has 1 unspecified atom stereocenters. The average molecular weight is 391 g/mol. The fourth-order valence-electron chi connectivity index (χ4n) is 3.89. The molecule has 3 aromatic rings. The van der Waals surface area contributed by atoms with Crippen molar-refractivity contribution in [2.45, 2.75) is 12.5 Å². The highest BCUT2D eigenvalue weighted by Gasteiger charge is 2.26. The van der Waals surface area contributed by atoms with E-state index in [4.69, 9.17) is 14.2 Å². The molecule has 1 fully saturated rings. The highest BCUT2D eigenvalue weighted by molar-refractivity contribution is 5.95. The highest BCUT2D eigenvalue weighted by atomic mass is 16.5. The normalized spacial score (nSPS) is 16.6. The molecule has 0 saturated carbocycles. The van der Waals surface area contributed by atoms with Crippen LogP contribution < -0.4 is 9.47 Å². The van der Waals surface area contributed by atoms with E-state index in [9.17, 15) is 4.79 Å². The zero-order chi connectivity index (χ0) is 20.2. The average Bonchev–Trinajstić information content (AvgIpc) is 2.78. The second-order valence-corrected chi connectivity index (χ2v) is 7.16. The van der Waals surface area contributed by atoms with Gasteiger partial charge in [0, 0.05) is 25.1 Å². The summed E-state index contributed by atoms with van der Waals surface area (Å²) in [6, 6.07) is 20.0. The maximum Gasteiger partial charge on any atom is 0.254 e. The van der Waals surface area contributed by atoms with Gasteiger partial charge in [0.15, 0.2) is 11.5 Å². The lowest BCUT2D eigenvalue weighted by atomic mass is 9.99. The summed E-state index contributed by atoms with van der Waals surface area (Å²) in [5.74, 6) is 1.15. The molecule has 3 aromatic carbocycles. The summed E-state index contributed by atoms with van der Waals surface area (Å²) in [4.78, 5) is 14.9. The molecule has 0 aliphatic carbocycles. The Labute approximate surface area is 170 Å². The largest absolute Gasteiger partial charge is 0.493 e. The Morgan fingerprint density at radius 2 is 1.83 bits per heavy atom. The smallest absolute Gasteiger partial charge is 0.254 e. The van der Waals surface area contributed by atoms with Crippen molar-refractivity contribution in [3.8, 4) is 11.5 Å². The molecule has 5 nitrogen and oxygen atoms in total. The van der Waals surface area contributed by atoms with E-state index < -0.39 is 0 Å². The third kappa shape index (κ3) is 4.05. The quantitative estimate of drug-likeness (QED) is 0.661. The molecule has 4 rings (SSSR count). The molecule has 1 aliphatic heterocycles. The van der Waals surface area contributed by atoms with Crippen LogP contribution in [-0.4, -0.2) is 50.8 Å². The van der Waals surface area contributed by atoms with E-state index in [1.165, 1.54) is 16.3 Å². The van der Waals surface area contributed by atoms with Crippen molar-refractivity contribution in [3.63, 3.8) is 0 Å². The van der Waals surface area contributed by atoms with E-state index in [2.05, 4.69) is 36.4 Å². The van der Waals surface area contributed by atoms with E-state index in [0.29, 0.717) is 36.8 Å². The first-order valence-corrected chi connectivity index (χ1v) is 9.79. The molecule has 0 bridgehead atoms. The number of benzene rings is 3. The second kappa shape index (κ2) is 8.53. The van der Waals surface area contributed by atoms with Gasteiger partial charge in [-0.2, -0.15) is 0 Å². The van der Waals surface area contributed by atoms with Gasteiger partial charge in [-0.05, 0) is 34.5 Å². The first-order chi connectivity index (χ1) is 14.2. The third-order valence-electron chi connectivity index (χ3n) is 5.38. The molecule has 1 amide bonds. The van der Waals surface area contributed by atoms with Crippen molar-refractivity contribution in [2.24, 2.45) is 0 Å². The van der Waals surface area contributed by atoms with Gasteiger partial charge in [-0.25, -0.2) is 0 Å². The van der Waals surface area contributed by atoms with Crippen molar-refractivity contribution in [1.82, 2.24) is 4.90 Å². The molecule has 1 atom stereocenters. The fraction of sp³-hybridized carbons (Fsp3) is 0.292. The summed E-state index contributed by atoms with van der Waals surface area (Å²) < 4.78 is 16.6.